The Morgan fingerprint density at radius 1 is 1.19 bits per heavy atom. The quantitative estimate of drug-likeness (QED) is 0.561. The molecule has 1 saturated carbocycles. The van der Waals surface area contributed by atoms with Crippen LogP contribution >= 0.6 is 0 Å². The number of hydrogen-bond donors (Lipinski definition) is 1. The lowest BCUT2D eigenvalue weighted by atomic mass is 9.76. The number of carbonyl (C=O) groups excluding carboxylic acids is 3. The molecule has 0 aromatic carbocycles. The maximum absolute atomic E-state index is 14.0. The van der Waals surface area contributed by atoms with Crippen molar-refractivity contribution in [1.82, 2.24) is 19.4 Å². The molecule has 1 aliphatic heterocycles. The van der Waals surface area contributed by atoms with Crippen molar-refractivity contribution >= 4 is 29.5 Å². The van der Waals surface area contributed by atoms with Gasteiger partial charge in [-0.05, 0) is 42.9 Å². The molecule has 1 aliphatic carbocycles. The zero-order chi connectivity index (χ0) is 26.9. The Balaban J connectivity index is 1.60. The van der Waals surface area contributed by atoms with Gasteiger partial charge in [0.05, 0.1) is 11.8 Å². The van der Waals surface area contributed by atoms with E-state index in [1.54, 1.807) is 29.9 Å². The van der Waals surface area contributed by atoms with Gasteiger partial charge < -0.3 is 10.3 Å². The Morgan fingerprint density at radius 3 is 2.49 bits per heavy atom. The number of amides is 3. The van der Waals surface area contributed by atoms with Crippen LogP contribution in [0.1, 0.15) is 44.1 Å². The molecule has 2 aliphatic rings. The van der Waals surface area contributed by atoms with Gasteiger partial charge in [-0.1, -0.05) is 19.3 Å². The number of anilines is 2. The number of nitrogens with zero attached hydrogens (tertiary/aromatic N) is 5. The number of imidazole rings is 1. The highest BCUT2D eigenvalue weighted by atomic mass is 19.4. The topological polar surface area (TPSA) is 114 Å². The van der Waals surface area contributed by atoms with Gasteiger partial charge in [0.15, 0.2) is 0 Å². The van der Waals surface area contributed by atoms with Crippen molar-refractivity contribution in [2.24, 2.45) is 24.8 Å². The SMILES string of the molecule is CN(C(=O)[C@@H]1[C@@H](Cc2ccnc(N)c2)C(=O)N1C(=O)C[C@@H](C1CCCCC1)C(F)(F)F)c1nccn1C. The van der Waals surface area contributed by atoms with Crippen molar-refractivity contribution in [3.8, 4) is 0 Å². The molecule has 2 aromatic heterocycles. The summed E-state index contributed by atoms with van der Waals surface area (Å²) in [7, 11) is 3.13. The molecular formula is C25H31F3N6O3. The smallest absolute Gasteiger partial charge is 0.384 e. The summed E-state index contributed by atoms with van der Waals surface area (Å²) < 4.78 is 43.6. The number of likely N-dealkylation sites (tertiary alicyclic amines) is 1. The number of aromatic nitrogens is 3. The minimum absolute atomic E-state index is 0.0888. The normalized spacial score (nSPS) is 21.4. The van der Waals surface area contributed by atoms with Crippen LogP contribution in [0.4, 0.5) is 24.9 Å². The molecule has 4 rings (SSSR count). The fourth-order valence-electron chi connectivity index (χ4n) is 5.53. The van der Waals surface area contributed by atoms with E-state index in [0.29, 0.717) is 31.2 Å². The molecular weight excluding hydrogens is 489 g/mol. The zero-order valence-corrected chi connectivity index (χ0v) is 20.8. The van der Waals surface area contributed by atoms with Gasteiger partial charge in [0.25, 0.3) is 5.91 Å². The molecule has 3 atom stereocenters. The van der Waals surface area contributed by atoms with E-state index in [4.69, 9.17) is 5.73 Å². The lowest BCUT2D eigenvalue weighted by molar-refractivity contribution is -0.199. The standard InChI is InChI=1S/C25H31F3N6O3/c1-32-11-10-31-24(32)33(2)23(37)21-17(12-15-8-9-30-19(29)13-15)22(36)34(21)20(35)14-18(25(26,27)28)16-6-4-3-5-7-16/h8-11,13,16-18,21H,3-7,12,14H2,1-2H3,(H2,29,30)/t17-,18+,21+/m1/s1. The Morgan fingerprint density at radius 2 is 1.89 bits per heavy atom. The van der Waals surface area contributed by atoms with Gasteiger partial charge in [-0.15, -0.1) is 0 Å². The van der Waals surface area contributed by atoms with Gasteiger partial charge in [-0.3, -0.25) is 24.2 Å². The maximum Gasteiger partial charge on any atom is 0.392 e. The van der Waals surface area contributed by atoms with Crippen molar-refractivity contribution in [3.05, 3.63) is 36.3 Å². The van der Waals surface area contributed by atoms with Gasteiger partial charge in [0.2, 0.25) is 17.8 Å². The minimum atomic E-state index is -4.58. The van der Waals surface area contributed by atoms with Gasteiger partial charge >= 0.3 is 6.18 Å². The number of nitrogens with two attached hydrogens (primary N) is 1. The summed E-state index contributed by atoms with van der Waals surface area (Å²) >= 11 is 0. The highest BCUT2D eigenvalue weighted by Crippen LogP contribution is 2.43. The summed E-state index contributed by atoms with van der Waals surface area (Å²) in [6.07, 6.45) is 2.25. The minimum Gasteiger partial charge on any atom is -0.384 e. The Hall–Kier alpha value is -3.44. The zero-order valence-electron chi connectivity index (χ0n) is 20.8. The molecule has 3 amide bonds. The molecule has 2 aromatic rings. The number of rotatable bonds is 7. The van der Waals surface area contributed by atoms with E-state index >= 15 is 0 Å². The van der Waals surface area contributed by atoms with E-state index in [-0.39, 0.29) is 18.2 Å². The van der Waals surface area contributed by atoms with E-state index in [0.717, 1.165) is 11.3 Å². The number of alkyl halides is 3. The summed E-state index contributed by atoms with van der Waals surface area (Å²) in [6.45, 7) is 0. The van der Waals surface area contributed by atoms with Crippen LogP contribution < -0.4 is 10.6 Å². The molecule has 9 nitrogen and oxygen atoms in total. The third kappa shape index (κ3) is 5.47. The first-order chi connectivity index (χ1) is 17.5. The number of aryl methyl sites for hydroxylation is 1. The lowest BCUT2D eigenvalue weighted by Gasteiger charge is -2.46. The fraction of sp³-hybridized carbons (Fsp3) is 0.560. The van der Waals surface area contributed by atoms with Crippen LogP contribution in [0.2, 0.25) is 0 Å². The van der Waals surface area contributed by atoms with Crippen LogP contribution in [0, 0.1) is 17.8 Å². The fourth-order valence-corrected chi connectivity index (χ4v) is 5.53. The average Bonchev–Trinajstić information content (AvgIpc) is 3.28. The van der Waals surface area contributed by atoms with Crippen LogP contribution in [-0.2, 0) is 27.9 Å². The highest BCUT2D eigenvalue weighted by molar-refractivity contribution is 6.12. The number of likely N-dealkylation sites (N-methyl/N-ethyl adjacent to an activating group) is 1. The molecule has 200 valence electrons. The molecule has 2 N–H and O–H groups in total. The van der Waals surface area contributed by atoms with Gasteiger partial charge in [0, 0.05) is 39.1 Å². The summed E-state index contributed by atoms with van der Waals surface area (Å²) in [5.41, 5.74) is 6.37. The number of hydrogen-bond acceptors (Lipinski definition) is 6. The van der Waals surface area contributed by atoms with Crippen LogP contribution in [-0.4, -0.2) is 56.4 Å². The summed E-state index contributed by atoms with van der Waals surface area (Å²) in [4.78, 5) is 50.0. The third-order valence-corrected chi connectivity index (χ3v) is 7.50. The number of nitrogen functional groups attached to an aromatic ring is 1. The number of imide groups is 1. The van der Waals surface area contributed by atoms with E-state index < -0.39 is 54.1 Å². The number of halogens is 3. The van der Waals surface area contributed by atoms with Gasteiger partial charge in [-0.2, -0.15) is 13.2 Å². The number of pyridine rings is 1. The van der Waals surface area contributed by atoms with Crippen molar-refractivity contribution in [2.75, 3.05) is 17.7 Å². The lowest BCUT2D eigenvalue weighted by Crippen LogP contribution is -2.69. The molecule has 3 heterocycles. The second-order valence-corrected chi connectivity index (χ2v) is 9.93. The van der Waals surface area contributed by atoms with Crippen molar-refractivity contribution in [2.45, 2.75) is 57.2 Å². The van der Waals surface area contributed by atoms with E-state index in [1.807, 2.05) is 0 Å². The Labute approximate surface area is 212 Å². The molecule has 37 heavy (non-hydrogen) atoms. The summed E-state index contributed by atoms with van der Waals surface area (Å²) in [5, 5.41) is 0. The first-order valence-corrected chi connectivity index (χ1v) is 12.4. The third-order valence-electron chi connectivity index (χ3n) is 7.50. The molecule has 0 unspecified atom stereocenters. The predicted molar refractivity (Wildman–Crippen MR) is 129 cm³/mol. The predicted octanol–water partition coefficient (Wildman–Crippen LogP) is 3.11. The monoisotopic (exact) mass is 520 g/mol. The van der Waals surface area contributed by atoms with E-state index in [9.17, 15) is 27.6 Å². The van der Waals surface area contributed by atoms with Crippen LogP contribution in [0.15, 0.2) is 30.7 Å². The summed E-state index contributed by atoms with van der Waals surface area (Å²) in [6, 6.07) is 1.95. The molecule has 0 radical (unpaired) electrons. The number of β-lactam (4-membered cyclic amide) rings is 1. The van der Waals surface area contributed by atoms with Crippen molar-refractivity contribution in [1.29, 1.82) is 0 Å². The largest absolute Gasteiger partial charge is 0.392 e. The second-order valence-electron chi connectivity index (χ2n) is 9.93. The van der Waals surface area contributed by atoms with E-state index in [2.05, 4.69) is 9.97 Å². The Bertz CT molecular complexity index is 1160. The van der Waals surface area contributed by atoms with Crippen LogP contribution in [0.25, 0.3) is 0 Å². The first kappa shape index (κ1) is 26.6. The van der Waals surface area contributed by atoms with Gasteiger partial charge in [-0.25, -0.2) is 9.97 Å². The van der Waals surface area contributed by atoms with Gasteiger partial charge in [0.1, 0.15) is 11.9 Å². The maximum atomic E-state index is 14.0. The summed E-state index contributed by atoms with van der Waals surface area (Å²) in [5.74, 6) is -5.20. The number of carbonyl (C=O) groups is 3. The van der Waals surface area contributed by atoms with Crippen LogP contribution in [0.3, 0.4) is 0 Å². The van der Waals surface area contributed by atoms with E-state index in [1.165, 1.54) is 24.3 Å². The van der Waals surface area contributed by atoms with Crippen molar-refractivity contribution in [3.63, 3.8) is 0 Å². The second kappa shape index (κ2) is 10.5. The first-order valence-electron chi connectivity index (χ1n) is 12.4. The van der Waals surface area contributed by atoms with Crippen molar-refractivity contribution < 1.29 is 27.6 Å². The molecule has 0 spiro atoms. The molecule has 1 saturated heterocycles. The average molecular weight is 521 g/mol. The molecule has 2 fully saturated rings. The molecule has 0 bridgehead atoms. The molecule has 12 heteroatoms. The Kier molecular flexibility index (Phi) is 7.56. The van der Waals surface area contributed by atoms with Crippen LogP contribution in [0.5, 0.6) is 0 Å². The highest BCUT2D eigenvalue weighted by Gasteiger charge is 2.56.